The summed E-state index contributed by atoms with van der Waals surface area (Å²) >= 11 is 7.01. The minimum absolute atomic E-state index is 0.302. The second kappa shape index (κ2) is 29.7. The van der Waals surface area contributed by atoms with Crippen LogP contribution in [0, 0.1) is 0 Å². The monoisotopic (exact) mass is 1100 g/mol. The van der Waals surface area contributed by atoms with Gasteiger partial charge in [-0.2, -0.15) is 47.0 Å². The zero-order valence-corrected chi connectivity index (χ0v) is 48.0. The van der Waals surface area contributed by atoms with Crippen LogP contribution < -0.4 is 18.9 Å². The summed E-state index contributed by atoms with van der Waals surface area (Å²) in [6.45, 7) is 14.8. The van der Waals surface area contributed by atoms with Gasteiger partial charge < -0.3 is 38.2 Å². The van der Waals surface area contributed by atoms with Crippen molar-refractivity contribution in [2.45, 2.75) is 102 Å². The predicted octanol–water partition coefficient (Wildman–Crippen LogP) is 13.9. The molecule has 0 atom stereocenters. The Kier molecular flexibility index (Phi) is 22.7. The van der Waals surface area contributed by atoms with E-state index in [0.717, 1.165) is 91.0 Å². The number of amides is 2. The van der Waals surface area contributed by atoms with Crippen LogP contribution in [-0.4, -0.2) is 92.3 Å². The molecule has 16 heteroatoms. The number of para-hydroxylation sites is 4. The summed E-state index contributed by atoms with van der Waals surface area (Å²) in [7, 11) is 0. The molecule has 1 aliphatic heterocycles. The minimum Gasteiger partial charge on any atom is -0.487 e. The summed E-state index contributed by atoms with van der Waals surface area (Å²) in [6, 6.07) is 44.1. The first-order valence-electron chi connectivity index (χ1n) is 25.7. The maximum atomic E-state index is 13.5. The van der Waals surface area contributed by atoms with E-state index in [1.165, 1.54) is 0 Å². The fourth-order valence-corrected chi connectivity index (χ4v) is 11.5. The van der Waals surface area contributed by atoms with Gasteiger partial charge in [0.15, 0.2) is 0 Å². The van der Waals surface area contributed by atoms with Gasteiger partial charge in [0, 0.05) is 94.5 Å². The molecule has 0 saturated carbocycles. The molecule has 6 aromatic rings. The number of carbonyl (C=O) groups excluding carboxylic acids is 2. The molecule has 0 spiro atoms. The van der Waals surface area contributed by atoms with Gasteiger partial charge >= 0.3 is 12.2 Å². The quantitative estimate of drug-likeness (QED) is 0.143. The van der Waals surface area contributed by atoms with Gasteiger partial charge in [0.1, 0.15) is 60.6 Å². The van der Waals surface area contributed by atoms with Crippen molar-refractivity contribution >= 4 is 59.2 Å². The highest BCUT2D eigenvalue weighted by Crippen LogP contribution is 2.29. The van der Waals surface area contributed by atoms with E-state index in [4.69, 9.17) is 38.4 Å². The van der Waals surface area contributed by atoms with Crippen LogP contribution in [-0.2, 0) is 58.9 Å². The molecule has 12 nitrogen and oxygen atoms in total. The highest BCUT2D eigenvalue weighted by atomic mass is 32.2. The van der Waals surface area contributed by atoms with Crippen LogP contribution in [0.5, 0.6) is 23.0 Å². The van der Waals surface area contributed by atoms with Crippen molar-refractivity contribution in [1.82, 2.24) is 19.8 Å². The normalized spacial score (nSPS) is 15.7. The molecule has 1 aliphatic rings. The highest BCUT2D eigenvalue weighted by molar-refractivity contribution is 7.99. The molecule has 2 amide bonds. The Morgan fingerprint density at radius 3 is 0.895 bits per heavy atom. The zero-order valence-electron chi connectivity index (χ0n) is 44.7. The molecule has 4 bridgehead atoms. The van der Waals surface area contributed by atoms with Gasteiger partial charge in [0.25, 0.3) is 0 Å². The van der Waals surface area contributed by atoms with Crippen LogP contribution in [0.1, 0.15) is 86.6 Å². The third-order valence-electron chi connectivity index (χ3n) is 11.5. The number of carbonyl (C=O) groups is 2. The number of hydrogen-bond donors (Lipinski definition) is 0. The minimum atomic E-state index is -0.609. The zero-order chi connectivity index (χ0) is 53.6. The molecule has 0 fully saturated rings. The summed E-state index contributed by atoms with van der Waals surface area (Å²) in [5.41, 5.74) is 6.27. The van der Waals surface area contributed by atoms with E-state index in [2.05, 4.69) is 24.3 Å². The standard InChI is InChI=1S/C60H72N4O8S4/c1-59(2,3)71-57(65)63-29-33-73-41-45-17-7-11-25-53(45)67-37-49-21-15-23-51(61-49)39-69-55-27-13-9-19-47(55)43-75-35-31-64(58(66)72-60(4,5)6)32-36-76-44-48-20-10-14-28-56(48)70-40-52-24-16-22-50(62-52)38-68-54-26-12-8-18-46(54)42-74-34-30-63/h7-28H,29-44H2,1-6H3. The molecule has 0 aliphatic carbocycles. The second-order valence-corrected chi connectivity index (χ2v) is 24.4. The molecule has 4 aromatic carbocycles. The predicted molar refractivity (Wildman–Crippen MR) is 312 cm³/mol. The number of thioether (sulfide) groups is 4. The Bertz CT molecular complexity index is 2430. The Labute approximate surface area is 467 Å². The Morgan fingerprint density at radius 1 is 0.395 bits per heavy atom. The molecule has 2 aromatic heterocycles. The molecule has 0 radical (unpaired) electrons. The number of rotatable bonds is 0. The number of ether oxygens (including phenoxy) is 6. The molecule has 7 rings (SSSR count). The molecule has 404 valence electrons. The van der Waals surface area contributed by atoms with E-state index in [0.29, 0.717) is 75.6 Å². The largest absolute Gasteiger partial charge is 0.487 e. The lowest BCUT2D eigenvalue weighted by atomic mass is 10.2. The highest BCUT2D eigenvalue weighted by Gasteiger charge is 2.24. The van der Waals surface area contributed by atoms with Gasteiger partial charge in [-0.3, -0.25) is 9.97 Å². The molecular weight excluding hydrogens is 1030 g/mol. The number of aromatic nitrogens is 2. The SMILES string of the molecule is CC(C)(C)OC(=O)N1CCSCc2ccccc2OCc2cccc(n2)COc2ccccc2CSCCN(C(=O)OC(C)(C)C)CCSCc2ccccc2OCc2cccc(n2)COc2ccccc2CSCC1. The van der Waals surface area contributed by atoms with Crippen LogP contribution in [0.4, 0.5) is 9.59 Å². The topological polar surface area (TPSA) is 122 Å². The fourth-order valence-electron chi connectivity index (χ4n) is 7.71. The van der Waals surface area contributed by atoms with Gasteiger partial charge in [-0.05, 0) is 90.1 Å². The lowest BCUT2D eigenvalue weighted by Crippen LogP contribution is -2.39. The lowest BCUT2D eigenvalue weighted by molar-refractivity contribution is 0.0263. The van der Waals surface area contributed by atoms with Gasteiger partial charge in [-0.25, -0.2) is 9.59 Å². The van der Waals surface area contributed by atoms with E-state index in [1.54, 1.807) is 47.0 Å². The van der Waals surface area contributed by atoms with Gasteiger partial charge in [-0.15, -0.1) is 0 Å². The smallest absolute Gasteiger partial charge is 0.410 e. The van der Waals surface area contributed by atoms with E-state index < -0.39 is 11.2 Å². The number of hydrogen-bond acceptors (Lipinski definition) is 14. The van der Waals surface area contributed by atoms with Gasteiger partial charge in [0.2, 0.25) is 0 Å². The van der Waals surface area contributed by atoms with E-state index in [-0.39, 0.29) is 12.2 Å². The first-order chi connectivity index (χ1) is 36.7. The third-order valence-corrected chi connectivity index (χ3v) is 15.4. The number of fused-ring (bicyclic) bond motifs is 8. The van der Waals surface area contributed by atoms with E-state index in [1.807, 2.05) is 161 Å². The van der Waals surface area contributed by atoms with Crippen LogP contribution in [0.25, 0.3) is 0 Å². The van der Waals surface area contributed by atoms with Crippen molar-refractivity contribution in [2.75, 3.05) is 49.2 Å². The number of benzene rings is 4. The Balaban J connectivity index is 1.04. The van der Waals surface area contributed by atoms with Gasteiger partial charge in [0.05, 0.1) is 22.8 Å². The summed E-state index contributed by atoms with van der Waals surface area (Å²) in [6.07, 6.45) is -0.624. The average Bonchev–Trinajstić information content (AvgIpc) is 3.39. The maximum Gasteiger partial charge on any atom is 0.410 e. The van der Waals surface area contributed by atoms with Crippen molar-refractivity contribution in [3.05, 3.63) is 178 Å². The van der Waals surface area contributed by atoms with Crippen molar-refractivity contribution in [1.29, 1.82) is 0 Å². The summed E-state index contributed by atoms with van der Waals surface area (Å²) in [5, 5.41) is 0. The van der Waals surface area contributed by atoms with Crippen LogP contribution in [0.3, 0.4) is 0 Å². The molecule has 0 N–H and O–H groups in total. The molecular formula is C60H72N4O8S4. The number of pyridine rings is 2. The summed E-state index contributed by atoms with van der Waals surface area (Å²) in [4.78, 5) is 40.4. The summed E-state index contributed by atoms with van der Waals surface area (Å²) in [5.74, 6) is 8.95. The third kappa shape index (κ3) is 20.0. The van der Waals surface area contributed by atoms with E-state index in [9.17, 15) is 9.59 Å². The Hall–Kier alpha value is -5.68. The van der Waals surface area contributed by atoms with Crippen molar-refractivity contribution in [2.24, 2.45) is 0 Å². The lowest BCUT2D eigenvalue weighted by Gasteiger charge is -2.27. The second-order valence-electron chi connectivity index (χ2n) is 20.0. The van der Waals surface area contributed by atoms with Crippen molar-refractivity contribution < 1.29 is 38.0 Å². The molecule has 3 heterocycles. The fraction of sp³-hybridized carbons (Fsp3) is 0.400. The van der Waals surface area contributed by atoms with Crippen LogP contribution in [0.2, 0.25) is 0 Å². The molecule has 76 heavy (non-hydrogen) atoms. The van der Waals surface area contributed by atoms with E-state index >= 15 is 0 Å². The van der Waals surface area contributed by atoms with Crippen molar-refractivity contribution in [3.8, 4) is 23.0 Å². The van der Waals surface area contributed by atoms with Crippen LogP contribution >= 0.6 is 47.0 Å². The Morgan fingerprint density at radius 2 is 0.645 bits per heavy atom. The summed E-state index contributed by atoms with van der Waals surface area (Å²) < 4.78 is 37.3. The number of nitrogens with zero attached hydrogens (tertiary/aromatic N) is 4. The van der Waals surface area contributed by atoms with Crippen LogP contribution in [0.15, 0.2) is 133 Å². The van der Waals surface area contributed by atoms with Crippen molar-refractivity contribution in [3.63, 3.8) is 0 Å². The first-order valence-corrected chi connectivity index (χ1v) is 30.4. The molecule has 0 saturated heterocycles. The average molecular weight is 1110 g/mol. The van der Waals surface area contributed by atoms with Gasteiger partial charge in [-0.1, -0.05) is 84.9 Å². The first kappa shape index (κ1) is 58.0. The molecule has 0 unspecified atom stereocenters. The maximum absolute atomic E-state index is 13.5.